The maximum atomic E-state index is 11.1. The highest BCUT2D eigenvalue weighted by molar-refractivity contribution is 7.00. The lowest BCUT2D eigenvalue weighted by atomic mass is 9.33. The van der Waals surface area contributed by atoms with Crippen LogP contribution in [0.5, 0.6) is 0 Å². The van der Waals surface area contributed by atoms with Gasteiger partial charge in [-0.3, -0.25) is 0 Å². The lowest BCUT2D eigenvalue weighted by Gasteiger charge is -2.45. The number of hydrogen-bond donors (Lipinski definition) is 0. The number of nitriles is 1. The molecule has 0 aliphatic carbocycles. The summed E-state index contributed by atoms with van der Waals surface area (Å²) >= 11 is 0. The third-order valence-corrected chi connectivity index (χ3v) is 17.9. The van der Waals surface area contributed by atoms with Crippen LogP contribution in [0, 0.1) is 11.3 Å². The fraction of sp³-hybridized carbons (Fsp3) is 0.152. The summed E-state index contributed by atoms with van der Waals surface area (Å²) in [7, 11) is 0. The minimum absolute atomic E-state index is 0.0704. The smallest absolute Gasteiger partial charge is 0.252 e. The molecule has 0 fully saturated rings. The minimum Gasteiger partial charge on any atom is -0.311 e. The molecule has 11 aromatic carbocycles. The van der Waals surface area contributed by atoms with Crippen LogP contribution in [0.3, 0.4) is 0 Å². The summed E-state index contributed by atoms with van der Waals surface area (Å²) in [5.74, 6) is 0. The van der Waals surface area contributed by atoms with Crippen LogP contribution in [-0.4, -0.2) is 15.8 Å². The third-order valence-electron chi connectivity index (χ3n) is 17.9. The van der Waals surface area contributed by atoms with Crippen molar-refractivity contribution in [1.82, 2.24) is 9.13 Å². The highest BCUT2D eigenvalue weighted by atomic mass is 15.2. The molecule has 2 aliphatic rings. The topological polar surface area (TPSA) is 40.1 Å². The summed E-state index contributed by atoms with van der Waals surface area (Å²) in [6.07, 6.45) is 0. The molecule has 0 unspecified atom stereocenters. The Labute approximate surface area is 506 Å². The number of anilines is 6. The molecule has 2 aromatic heterocycles. The molecule has 0 atom stereocenters. The largest absolute Gasteiger partial charge is 0.311 e. The molecule has 15 rings (SSSR count). The summed E-state index contributed by atoms with van der Waals surface area (Å²) < 4.78 is 49.7. The minimum atomic E-state index is -0.443. The van der Waals surface area contributed by atoms with E-state index in [0.29, 0.717) is 16.8 Å². The predicted octanol–water partition coefficient (Wildman–Crippen LogP) is 19.1. The average Bonchev–Trinajstić information content (AvgIpc) is 0.825. The number of hydrogen-bond acceptors (Lipinski definition) is 3. The fourth-order valence-corrected chi connectivity index (χ4v) is 13.5. The predicted molar refractivity (Wildman–Crippen MR) is 361 cm³/mol. The number of fused-ring (bicyclic) bond motifs is 10. The molecular formula is C79H66BN5. The molecule has 5 nitrogen and oxygen atoms in total. The Kier molecular flexibility index (Phi) is 10.5. The number of aromatic nitrogens is 2. The van der Waals surface area contributed by atoms with Crippen LogP contribution < -0.4 is 26.2 Å². The van der Waals surface area contributed by atoms with Crippen molar-refractivity contribution in [2.45, 2.75) is 78.6 Å². The van der Waals surface area contributed by atoms with E-state index in [1.807, 2.05) is 36.4 Å². The Morgan fingerprint density at radius 2 is 0.871 bits per heavy atom. The zero-order chi connectivity index (χ0) is 62.6. The van der Waals surface area contributed by atoms with Crippen LogP contribution in [0.25, 0.3) is 77.2 Å². The maximum Gasteiger partial charge on any atom is 0.252 e. The highest BCUT2D eigenvalue weighted by Gasteiger charge is 2.45. The van der Waals surface area contributed by atoms with E-state index < -0.39 is 18.1 Å². The van der Waals surface area contributed by atoms with E-state index >= 15 is 0 Å². The van der Waals surface area contributed by atoms with Crippen LogP contribution in [0.4, 0.5) is 34.1 Å². The van der Waals surface area contributed by atoms with E-state index in [2.05, 4.69) is 257 Å². The van der Waals surface area contributed by atoms with Crippen LogP contribution in [0.1, 0.15) is 91.4 Å². The van der Waals surface area contributed by atoms with Crippen molar-refractivity contribution in [2.75, 3.05) is 9.80 Å². The van der Waals surface area contributed by atoms with Gasteiger partial charge in [0.25, 0.3) is 6.71 Å². The second-order valence-corrected chi connectivity index (χ2v) is 26.2. The van der Waals surface area contributed by atoms with E-state index in [1.165, 1.54) is 21.9 Å². The van der Waals surface area contributed by atoms with E-state index in [-0.39, 0.29) is 40.6 Å². The number of para-hydroxylation sites is 2. The van der Waals surface area contributed by atoms with Crippen LogP contribution in [-0.2, 0) is 16.2 Å². The van der Waals surface area contributed by atoms with Crippen molar-refractivity contribution in [3.63, 3.8) is 0 Å². The van der Waals surface area contributed by atoms with E-state index in [1.54, 1.807) is 0 Å². The first-order valence-corrected chi connectivity index (χ1v) is 29.5. The molecule has 85 heavy (non-hydrogen) atoms. The molecule has 0 bridgehead atoms. The van der Waals surface area contributed by atoms with E-state index in [0.717, 1.165) is 106 Å². The van der Waals surface area contributed by atoms with Gasteiger partial charge >= 0.3 is 0 Å². The van der Waals surface area contributed by atoms with Crippen molar-refractivity contribution in [1.29, 1.82) is 5.26 Å². The average molecular weight is 1100 g/mol. The van der Waals surface area contributed by atoms with Gasteiger partial charge in [-0.1, -0.05) is 202 Å². The monoisotopic (exact) mass is 1100 g/mol. The van der Waals surface area contributed by atoms with Gasteiger partial charge in [-0.2, -0.15) is 5.26 Å². The number of benzene rings is 11. The van der Waals surface area contributed by atoms with Crippen LogP contribution >= 0.6 is 0 Å². The van der Waals surface area contributed by atoms with Gasteiger partial charge < -0.3 is 18.9 Å². The molecular weight excluding hydrogens is 1030 g/mol. The molecule has 0 saturated carbocycles. The van der Waals surface area contributed by atoms with Crippen molar-refractivity contribution in [3.8, 4) is 39.7 Å². The van der Waals surface area contributed by atoms with Gasteiger partial charge in [-0.15, -0.1) is 0 Å². The molecule has 0 N–H and O–H groups in total. The van der Waals surface area contributed by atoms with Crippen molar-refractivity contribution < 1.29 is 6.85 Å². The zero-order valence-electron chi connectivity index (χ0n) is 54.4. The van der Waals surface area contributed by atoms with Gasteiger partial charge in [0, 0.05) is 61.4 Å². The first-order valence-electron chi connectivity index (χ1n) is 32.0. The number of rotatable bonds is 6. The molecule has 0 spiro atoms. The molecule has 4 heterocycles. The lowest BCUT2D eigenvalue weighted by Crippen LogP contribution is -2.61. The van der Waals surface area contributed by atoms with Crippen LogP contribution in [0.15, 0.2) is 236 Å². The molecule has 0 saturated heterocycles. The molecule has 0 amide bonds. The molecule has 6 heteroatoms. The maximum absolute atomic E-state index is 11.1. The summed E-state index contributed by atoms with van der Waals surface area (Å²) in [5, 5.41) is 15.7. The van der Waals surface area contributed by atoms with Gasteiger partial charge in [0.2, 0.25) is 0 Å². The van der Waals surface area contributed by atoms with E-state index in [9.17, 15) is 8.00 Å². The molecule has 13 aromatic rings. The molecule has 410 valence electrons. The van der Waals surface area contributed by atoms with Gasteiger partial charge in [0.15, 0.2) is 0 Å². The van der Waals surface area contributed by atoms with Crippen molar-refractivity contribution in [3.05, 3.63) is 259 Å². The van der Waals surface area contributed by atoms with Crippen LogP contribution in [0.2, 0.25) is 0 Å². The third kappa shape index (κ3) is 8.35. The van der Waals surface area contributed by atoms with Crippen molar-refractivity contribution >= 4 is 101 Å². The summed E-state index contributed by atoms with van der Waals surface area (Å²) in [6.45, 7) is 20.1. The molecule has 2 aliphatic heterocycles. The SMILES string of the molecule is [2H]c1c([2H])c([2H])c(-c2ccc3c(c2)N(c2ccc(C#N)c(-n4c5ccccc5c5ccccc54)c2)c2cc(C(C)(C)C)cc4c2B3c2ccc(-n3c5ccc(C(C)(C)C)cc5c5cc(C(C)(C)C)ccc53)cc2N4c2cccc(-c3ccccc3)c2)c([2H])c1[2H]. The quantitative estimate of drug-likeness (QED) is 0.156. The van der Waals surface area contributed by atoms with Gasteiger partial charge in [-0.05, 0) is 169 Å². The zero-order valence-corrected chi connectivity index (χ0v) is 49.4. The Hall–Kier alpha value is -9.83. The fourth-order valence-electron chi connectivity index (χ4n) is 13.5. The normalized spacial score (nSPS) is 14.0. The highest BCUT2D eigenvalue weighted by Crippen LogP contribution is 2.49. The van der Waals surface area contributed by atoms with Gasteiger partial charge in [-0.25, -0.2) is 0 Å². The number of nitrogens with zero attached hydrogens (tertiary/aromatic N) is 5. The second-order valence-electron chi connectivity index (χ2n) is 26.2. The van der Waals surface area contributed by atoms with E-state index in [4.69, 9.17) is 4.11 Å². The van der Waals surface area contributed by atoms with Gasteiger partial charge in [0.1, 0.15) is 6.07 Å². The Morgan fingerprint density at radius 1 is 0.365 bits per heavy atom. The standard InChI is InChI=1S/C79H66BN5/c1-77(2,3)55-33-39-69-63(43-55)64-44-56(78(4,5)6)34-40-70(64)82(69)60-36-38-66-73(48-60)83(58-26-20-25-52(41-58)50-21-12-10-13-22-50)74-45-57(79(7,8)9)46-75-76(74)80(66)65-37-32-53(51-23-14-11-15-24-51)42-72(65)84(75)59-35-31-54(49-81)71(47-59)85-67-29-18-16-27-61(67)62-28-17-19-30-68(62)85/h10-48H,1-9H3/i11D,14D,15D,23D,24D. The summed E-state index contributed by atoms with van der Waals surface area (Å²) in [5.41, 5.74) is 21.0. The lowest BCUT2D eigenvalue weighted by molar-refractivity contribution is 0.590. The Morgan fingerprint density at radius 3 is 1.47 bits per heavy atom. The Bertz CT molecular complexity index is 5090. The summed E-state index contributed by atoms with van der Waals surface area (Å²) in [6, 6.07) is 74.7. The summed E-state index contributed by atoms with van der Waals surface area (Å²) in [4.78, 5) is 4.77. The second kappa shape index (κ2) is 19.1. The first kappa shape index (κ1) is 46.6. The molecule has 0 radical (unpaired) electrons. The Balaban J connectivity index is 1.05. The van der Waals surface area contributed by atoms with Gasteiger partial charge in [0.05, 0.1) is 40.2 Å². The first-order chi connectivity index (χ1) is 43.1. The van der Waals surface area contributed by atoms with Crippen molar-refractivity contribution in [2.24, 2.45) is 0 Å².